The van der Waals surface area contributed by atoms with E-state index in [2.05, 4.69) is 27.9 Å². The summed E-state index contributed by atoms with van der Waals surface area (Å²) in [4.78, 5) is 12.1. The highest BCUT2D eigenvalue weighted by Crippen LogP contribution is 2.28. The number of carbonyl (C=O) groups is 1. The highest BCUT2D eigenvalue weighted by atomic mass is 127. The zero-order valence-electron chi connectivity index (χ0n) is 11.1. The first kappa shape index (κ1) is 16.4. The Labute approximate surface area is 146 Å². The van der Waals surface area contributed by atoms with Crippen LogP contribution in [0.15, 0.2) is 42.5 Å². The second kappa shape index (κ2) is 7.33. The van der Waals surface area contributed by atoms with Crippen LogP contribution in [0.3, 0.4) is 0 Å². The van der Waals surface area contributed by atoms with Crippen molar-refractivity contribution in [2.45, 2.75) is 13.0 Å². The molecule has 110 valence electrons. The minimum absolute atomic E-state index is 0.245. The lowest BCUT2D eigenvalue weighted by molar-refractivity contribution is -0.122. The van der Waals surface area contributed by atoms with E-state index < -0.39 is 6.10 Å². The summed E-state index contributed by atoms with van der Waals surface area (Å²) in [7, 11) is 0. The molecule has 0 saturated heterocycles. The smallest absolute Gasteiger partial charge is 0.265 e. The van der Waals surface area contributed by atoms with Gasteiger partial charge < -0.3 is 10.1 Å². The molecule has 21 heavy (non-hydrogen) atoms. The van der Waals surface area contributed by atoms with Crippen molar-refractivity contribution >= 4 is 57.4 Å². The monoisotopic (exact) mass is 435 g/mol. The summed E-state index contributed by atoms with van der Waals surface area (Å²) < 4.78 is 6.53. The first-order valence-corrected chi connectivity index (χ1v) is 7.98. The molecule has 0 aliphatic heterocycles. The molecule has 0 bridgehead atoms. The number of hydrogen-bond donors (Lipinski definition) is 1. The number of anilines is 1. The average Bonchev–Trinajstić information content (AvgIpc) is 2.44. The molecule has 0 aromatic heterocycles. The molecule has 0 saturated carbocycles. The second-order valence-corrected chi connectivity index (χ2v) is 6.31. The number of nitrogens with one attached hydrogen (secondary N) is 1. The van der Waals surface area contributed by atoms with E-state index in [9.17, 15) is 4.79 Å². The maximum absolute atomic E-state index is 12.1. The van der Waals surface area contributed by atoms with Crippen LogP contribution in [0, 0.1) is 3.57 Å². The Morgan fingerprint density at radius 3 is 2.62 bits per heavy atom. The summed E-state index contributed by atoms with van der Waals surface area (Å²) in [5, 5.41) is 3.71. The second-order valence-electron chi connectivity index (χ2n) is 4.30. The van der Waals surface area contributed by atoms with Gasteiger partial charge in [0.1, 0.15) is 5.75 Å². The molecule has 0 fully saturated rings. The van der Waals surface area contributed by atoms with Crippen molar-refractivity contribution in [2.75, 3.05) is 5.32 Å². The summed E-state index contributed by atoms with van der Waals surface area (Å²) in [5.41, 5.74) is 0.751. The Hall–Kier alpha value is -0.980. The van der Waals surface area contributed by atoms with Gasteiger partial charge in [-0.05, 0) is 59.8 Å². The topological polar surface area (TPSA) is 38.3 Å². The SMILES string of the molecule is CC(Oc1ccc(Cl)cc1Cl)C(=O)Nc1ccccc1I. The van der Waals surface area contributed by atoms with Gasteiger partial charge in [-0.15, -0.1) is 0 Å². The third-order valence-corrected chi connectivity index (χ3v) is 4.17. The van der Waals surface area contributed by atoms with Crippen LogP contribution in [0.5, 0.6) is 5.75 Å². The van der Waals surface area contributed by atoms with E-state index in [4.69, 9.17) is 27.9 Å². The molecule has 0 aliphatic rings. The molecule has 2 aromatic carbocycles. The third-order valence-electron chi connectivity index (χ3n) is 2.70. The Kier molecular flexibility index (Phi) is 5.72. The number of benzene rings is 2. The van der Waals surface area contributed by atoms with Gasteiger partial charge >= 0.3 is 0 Å². The van der Waals surface area contributed by atoms with Crippen molar-refractivity contribution in [3.8, 4) is 5.75 Å². The van der Waals surface area contributed by atoms with Crippen LogP contribution >= 0.6 is 45.8 Å². The fraction of sp³-hybridized carbons (Fsp3) is 0.133. The van der Waals surface area contributed by atoms with E-state index in [1.165, 1.54) is 0 Å². The van der Waals surface area contributed by atoms with Crippen LogP contribution in [-0.4, -0.2) is 12.0 Å². The maximum atomic E-state index is 12.1. The molecule has 2 rings (SSSR count). The number of carbonyl (C=O) groups excluding carboxylic acids is 1. The van der Waals surface area contributed by atoms with Crippen molar-refractivity contribution in [1.82, 2.24) is 0 Å². The third kappa shape index (κ3) is 4.49. The molecule has 1 atom stereocenters. The highest BCUT2D eigenvalue weighted by Gasteiger charge is 2.17. The number of para-hydroxylation sites is 1. The Morgan fingerprint density at radius 2 is 1.95 bits per heavy atom. The lowest BCUT2D eigenvalue weighted by atomic mass is 10.3. The molecule has 0 spiro atoms. The van der Waals surface area contributed by atoms with Crippen molar-refractivity contribution in [2.24, 2.45) is 0 Å². The Bertz CT molecular complexity index is 664. The zero-order chi connectivity index (χ0) is 15.4. The van der Waals surface area contributed by atoms with E-state index in [0.717, 1.165) is 9.26 Å². The van der Waals surface area contributed by atoms with Crippen LogP contribution in [0.25, 0.3) is 0 Å². The standard InChI is InChI=1S/C15H12Cl2INO2/c1-9(21-14-7-6-10(16)8-11(14)17)15(20)19-13-5-3-2-4-12(13)18/h2-9H,1H3,(H,19,20). The first-order valence-electron chi connectivity index (χ1n) is 6.14. The van der Waals surface area contributed by atoms with Gasteiger partial charge in [0, 0.05) is 8.59 Å². The molecule has 1 amide bonds. The van der Waals surface area contributed by atoms with Gasteiger partial charge in [-0.25, -0.2) is 0 Å². The molecule has 1 unspecified atom stereocenters. The summed E-state index contributed by atoms with van der Waals surface area (Å²) in [6.45, 7) is 1.66. The van der Waals surface area contributed by atoms with E-state index >= 15 is 0 Å². The summed E-state index contributed by atoms with van der Waals surface area (Å²) in [6.07, 6.45) is -0.681. The predicted octanol–water partition coefficient (Wildman–Crippen LogP) is 5.00. The van der Waals surface area contributed by atoms with E-state index in [0.29, 0.717) is 15.8 Å². The normalized spacial score (nSPS) is 11.8. The Morgan fingerprint density at radius 1 is 1.24 bits per heavy atom. The van der Waals surface area contributed by atoms with Gasteiger partial charge in [0.25, 0.3) is 5.91 Å². The number of amides is 1. The maximum Gasteiger partial charge on any atom is 0.265 e. The molecule has 2 aromatic rings. The molecule has 1 N–H and O–H groups in total. The minimum atomic E-state index is -0.681. The molecule has 6 heteroatoms. The lowest BCUT2D eigenvalue weighted by Gasteiger charge is -2.16. The minimum Gasteiger partial charge on any atom is -0.479 e. The van der Waals surface area contributed by atoms with Gasteiger partial charge in [0.15, 0.2) is 6.10 Å². The fourth-order valence-electron chi connectivity index (χ4n) is 1.61. The van der Waals surface area contributed by atoms with Gasteiger partial charge in [-0.2, -0.15) is 0 Å². The van der Waals surface area contributed by atoms with Gasteiger partial charge in [-0.3, -0.25) is 4.79 Å². The number of hydrogen-bond acceptors (Lipinski definition) is 2. The van der Waals surface area contributed by atoms with Crippen LogP contribution in [-0.2, 0) is 4.79 Å². The van der Waals surface area contributed by atoms with E-state index in [-0.39, 0.29) is 5.91 Å². The summed E-state index contributed by atoms with van der Waals surface area (Å²) in [5.74, 6) is 0.177. The van der Waals surface area contributed by atoms with Crippen LogP contribution in [0.4, 0.5) is 5.69 Å². The van der Waals surface area contributed by atoms with Gasteiger partial charge in [0.05, 0.1) is 10.7 Å². The average molecular weight is 436 g/mol. The zero-order valence-corrected chi connectivity index (χ0v) is 14.7. The molecular formula is C15H12Cl2INO2. The lowest BCUT2D eigenvalue weighted by Crippen LogP contribution is -2.30. The van der Waals surface area contributed by atoms with Crippen molar-refractivity contribution in [3.63, 3.8) is 0 Å². The van der Waals surface area contributed by atoms with Crippen LogP contribution in [0.2, 0.25) is 10.0 Å². The van der Waals surface area contributed by atoms with Gasteiger partial charge in [-0.1, -0.05) is 35.3 Å². The summed E-state index contributed by atoms with van der Waals surface area (Å²) >= 11 is 14.0. The molecule has 0 aliphatic carbocycles. The highest BCUT2D eigenvalue weighted by molar-refractivity contribution is 14.1. The Balaban J connectivity index is 2.04. The van der Waals surface area contributed by atoms with E-state index in [1.807, 2.05) is 24.3 Å². The molecule has 3 nitrogen and oxygen atoms in total. The van der Waals surface area contributed by atoms with Crippen molar-refractivity contribution < 1.29 is 9.53 Å². The summed E-state index contributed by atoms with van der Waals surface area (Å²) in [6, 6.07) is 12.4. The molecule has 0 heterocycles. The predicted molar refractivity (Wildman–Crippen MR) is 94.3 cm³/mol. The van der Waals surface area contributed by atoms with Crippen LogP contribution < -0.4 is 10.1 Å². The fourth-order valence-corrected chi connectivity index (χ4v) is 2.59. The van der Waals surface area contributed by atoms with Crippen molar-refractivity contribution in [1.29, 1.82) is 0 Å². The van der Waals surface area contributed by atoms with Gasteiger partial charge in [0.2, 0.25) is 0 Å². The van der Waals surface area contributed by atoms with E-state index in [1.54, 1.807) is 25.1 Å². The molecule has 0 radical (unpaired) electrons. The number of ether oxygens (including phenoxy) is 1. The van der Waals surface area contributed by atoms with Crippen LogP contribution in [0.1, 0.15) is 6.92 Å². The van der Waals surface area contributed by atoms with Crippen molar-refractivity contribution in [3.05, 3.63) is 56.1 Å². The number of halogens is 3. The first-order chi connectivity index (χ1) is 9.97. The number of rotatable bonds is 4. The molecular weight excluding hydrogens is 424 g/mol. The largest absolute Gasteiger partial charge is 0.479 e. The quantitative estimate of drug-likeness (QED) is 0.686.